The Balaban J connectivity index is 2.82. The van der Waals surface area contributed by atoms with Crippen LogP contribution in [0.4, 0.5) is 13.2 Å². The van der Waals surface area contributed by atoms with Crippen molar-refractivity contribution in [1.29, 1.82) is 0 Å². The number of carbonyl (C=O) groups is 1. The Kier molecular flexibility index (Phi) is 4.06. The maximum absolute atomic E-state index is 12.5. The number of nitrogens with zero attached hydrogens (tertiary/aromatic N) is 1. The second-order valence-corrected chi connectivity index (χ2v) is 6.07. The summed E-state index contributed by atoms with van der Waals surface area (Å²) in [5, 5.41) is 0. The van der Waals surface area contributed by atoms with Crippen molar-refractivity contribution < 1.29 is 18.0 Å². The summed E-state index contributed by atoms with van der Waals surface area (Å²) >= 11 is 0. The minimum absolute atomic E-state index is 0.00676. The zero-order valence-electron chi connectivity index (χ0n) is 11.8. The standard InChI is InChI=1S/C13H21F3N2O/c1-11(2,12(3,4)17)10(19)18-7-5-9(6-8-18)13(14,15)16/h5H,6-8,17H2,1-4H3. The zero-order chi connectivity index (χ0) is 15.1. The molecule has 1 rings (SSSR count). The predicted octanol–water partition coefficient (Wildman–Crippen LogP) is 2.47. The maximum atomic E-state index is 12.5. The Morgan fingerprint density at radius 2 is 1.79 bits per heavy atom. The van der Waals surface area contributed by atoms with E-state index in [0.29, 0.717) is 0 Å². The van der Waals surface area contributed by atoms with Gasteiger partial charge in [-0.1, -0.05) is 6.08 Å². The number of nitrogens with two attached hydrogens (primary N) is 1. The van der Waals surface area contributed by atoms with Gasteiger partial charge in [0.15, 0.2) is 0 Å². The van der Waals surface area contributed by atoms with Crippen LogP contribution in [0.5, 0.6) is 0 Å². The molecule has 0 aromatic rings. The lowest BCUT2D eigenvalue weighted by Crippen LogP contribution is -2.57. The zero-order valence-corrected chi connectivity index (χ0v) is 11.8. The minimum Gasteiger partial charge on any atom is -0.338 e. The summed E-state index contributed by atoms with van der Waals surface area (Å²) < 4.78 is 37.5. The summed E-state index contributed by atoms with van der Waals surface area (Å²) in [4.78, 5) is 13.8. The number of alkyl halides is 3. The summed E-state index contributed by atoms with van der Waals surface area (Å²) in [6, 6.07) is 0. The second-order valence-electron chi connectivity index (χ2n) is 6.07. The predicted molar refractivity (Wildman–Crippen MR) is 67.4 cm³/mol. The number of rotatable bonds is 2. The Hall–Kier alpha value is -1.04. The third-order valence-corrected chi connectivity index (χ3v) is 4.01. The molecule has 0 unspecified atom stereocenters. The monoisotopic (exact) mass is 278 g/mol. The van der Waals surface area contributed by atoms with Crippen LogP contribution < -0.4 is 5.73 Å². The van der Waals surface area contributed by atoms with Crippen molar-refractivity contribution in [2.24, 2.45) is 11.1 Å². The molecule has 0 aliphatic carbocycles. The molecule has 0 bridgehead atoms. The summed E-state index contributed by atoms with van der Waals surface area (Å²) in [5.41, 5.74) is 3.86. The summed E-state index contributed by atoms with van der Waals surface area (Å²) in [5.74, 6) is -0.211. The van der Waals surface area contributed by atoms with Crippen LogP contribution in [-0.2, 0) is 4.79 Å². The van der Waals surface area contributed by atoms with E-state index in [0.717, 1.165) is 6.08 Å². The summed E-state index contributed by atoms with van der Waals surface area (Å²) in [7, 11) is 0. The fraction of sp³-hybridized carbons (Fsp3) is 0.769. The van der Waals surface area contributed by atoms with Gasteiger partial charge in [-0.15, -0.1) is 0 Å². The third-order valence-electron chi connectivity index (χ3n) is 4.01. The topological polar surface area (TPSA) is 46.3 Å². The van der Waals surface area contributed by atoms with Crippen molar-refractivity contribution in [1.82, 2.24) is 4.90 Å². The Bertz CT molecular complexity index is 392. The Morgan fingerprint density at radius 3 is 2.11 bits per heavy atom. The number of carbonyl (C=O) groups excluding carboxylic acids is 1. The van der Waals surface area contributed by atoms with E-state index in [4.69, 9.17) is 5.73 Å². The molecule has 1 aliphatic heterocycles. The molecule has 3 nitrogen and oxygen atoms in total. The van der Waals surface area contributed by atoms with Gasteiger partial charge >= 0.3 is 6.18 Å². The molecule has 0 radical (unpaired) electrons. The highest BCUT2D eigenvalue weighted by Gasteiger charge is 2.44. The number of halogens is 3. The largest absolute Gasteiger partial charge is 0.412 e. The molecule has 0 aromatic carbocycles. The van der Waals surface area contributed by atoms with Gasteiger partial charge in [-0.05, 0) is 34.1 Å². The van der Waals surface area contributed by atoms with Crippen molar-refractivity contribution in [2.45, 2.75) is 45.8 Å². The third kappa shape index (κ3) is 3.29. The lowest BCUT2D eigenvalue weighted by atomic mass is 9.74. The van der Waals surface area contributed by atoms with E-state index >= 15 is 0 Å². The molecule has 1 amide bonds. The van der Waals surface area contributed by atoms with E-state index in [-0.39, 0.29) is 25.4 Å². The summed E-state index contributed by atoms with van der Waals surface area (Å²) in [6.07, 6.45) is -3.37. The van der Waals surface area contributed by atoms with E-state index < -0.39 is 22.7 Å². The molecule has 2 N–H and O–H groups in total. The maximum Gasteiger partial charge on any atom is 0.412 e. The molecule has 1 aliphatic rings. The van der Waals surface area contributed by atoms with Gasteiger partial charge in [-0.3, -0.25) is 4.79 Å². The van der Waals surface area contributed by atoms with Crippen LogP contribution in [0.15, 0.2) is 11.6 Å². The lowest BCUT2D eigenvalue weighted by Gasteiger charge is -2.41. The van der Waals surface area contributed by atoms with Gasteiger partial charge in [0.2, 0.25) is 5.91 Å². The van der Waals surface area contributed by atoms with E-state index in [1.807, 2.05) is 0 Å². The van der Waals surface area contributed by atoms with Crippen molar-refractivity contribution in [3.8, 4) is 0 Å². The smallest absolute Gasteiger partial charge is 0.338 e. The molecule has 0 fully saturated rings. The Labute approximate surface area is 111 Å². The van der Waals surface area contributed by atoms with Crippen LogP contribution in [-0.4, -0.2) is 35.6 Å². The fourth-order valence-electron chi connectivity index (χ4n) is 1.78. The van der Waals surface area contributed by atoms with E-state index in [9.17, 15) is 18.0 Å². The Morgan fingerprint density at radius 1 is 1.26 bits per heavy atom. The average molecular weight is 278 g/mol. The molecule has 0 saturated heterocycles. The van der Waals surface area contributed by atoms with Crippen LogP contribution in [0.3, 0.4) is 0 Å². The van der Waals surface area contributed by atoms with Crippen molar-refractivity contribution in [3.63, 3.8) is 0 Å². The molecule has 1 heterocycles. The highest BCUT2D eigenvalue weighted by Crippen LogP contribution is 2.34. The van der Waals surface area contributed by atoms with E-state index in [1.54, 1.807) is 27.7 Å². The van der Waals surface area contributed by atoms with Crippen molar-refractivity contribution in [3.05, 3.63) is 11.6 Å². The van der Waals surface area contributed by atoms with Gasteiger partial charge in [0, 0.05) is 24.2 Å². The van der Waals surface area contributed by atoms with Crippen molar-refractivity contribution in [2.75, 3.05) is 13.1 Å². The molecule has 0 saturated carbocycles. The molecule has 110 valence electrons. The second kappa shape index (κ2) is 4.81. The van der Waals surface area contributed by atoms with Crippen LogP contribution in [0.2, 0.25) is 0 Å². The van der Waals surface area contributed by atoms with Gasteiger partial charge in [0.25, 0.3) is 0 Å². The first-order chi connectivity index (χ1) is 8.37. The highest BCUT2D eigenvalue weighted by atomic mass is 19.4. The summed E-state index contributed by atoms with van der Waals surface area (Å²) in [6.45, 7) is 7.01. The number of amides is 1. The van der Waals surface area contributed by atoms with Gasteiger partial charge in [-0.2, -0.15) is 13.2 Å². The van der Waals surface area contributed by atoms with E-state index in [1.165, 1.54) is 4.90 Å². The lowest BCUT2D eigenvalue weighted by molar-refractivity contribution is -0.144. The SMILES string of the molecule is CC(C)(N)C(C)(C)C(=O)N1CC=C(C(F)(F)F)CC1. The van der Waals surface area contributed by atoms with Crippen LogP contribution in [0.25, 0.3) is 0 Å². The average Bonchev–Trinajstić information content (AvgIpc) is 2.25. The van der Waals surface area contributed by atoms with Gasteiger partial charge in [0.1, 0.15) is 0 Å². The van der Waals surface area contributed by atoms with Gasteiger partial charge in [0.05, 0.1) is 5.41 Å². The van der Waals surface area contributed by atoms with Crippen LogP contribution in [0, 0.1) is 5.41 Å². The first kappa shape index (κ1) is 16.0. The molecular formula is C13H21F3N2O. The molecule has 6 heteroatoms. The fourth-order valence-corrected chi connectivity index (χ4v) is 1.78. The first-order valence-corrected chi connectivity index (χ1v) is 6.22. The molecule has 19 heavy (non-hydrogen) atoms. The van der Waals surface area contributed by atoms with Gasteiger partial charge in [-0.25, -0.2) is 0 Å². The minimum atomic E-state index is -4.29. The normalized spacial score (nSPS) is 18.3. The first-order valence-electron chi connectivity index (χ1n) is 6.22. The van der Waals surface area contributed by atoms with Crippen LogP contribution in [0.1, 0.15) is 34.1 Å². The molecule has 0 aromatic heterocycles. The number of hydrogen-bond donors (Lipinski definition) is 1. The molecular weight excluding hydrogens is 257 g/mol. The van der Waals surface area contributed by atoms with Crippen molar-refractivity contribution >= 4 is 5.91 Å². The van der Waals surface area contributed by atoms with Crippen LogP contribution >= 0.6 is 0 Å². The molecule has 0 spiro atoms. The highest BCUT2D eigenvalue weighted by molar-refractivity contribution is 5.83. The van der Waals surface area contributed by atoms with Gasteiger partial charge < -0.3 is 10.6 Å². The quantitative estimate of drug-likeness (QED) is 0.789. The van der Waals surface area contributed by atoms with E-state index in [2.05, 4.69) is 0 Å². The number of hydrogen-bond acceptors (Lipinski definition) is 2. The molecule has 0 atom stereocenters.